The molecular weight excluding hydrogens is 238 g/mol. The minimum atomic E-state index is 0.437. The van der Waals surface area contributed by atoms with Gasteiger partial charge in [0.15, 0.2) is 0 Å². The average molecular weight is 263 g/mol. The van der Waals surface area contributed by atoms with E-state index in [4.69, 9.17) is 0 Å². The number of hydrogen-bond acceptors (Lipinski definition) is 5. The molecule has 0 saturated carbocycles. The van der Waals surface area contributed by atoms with Crippen LogP contribution in [0.1, 0.15) is 26.7 Å². The van der Waals surface area contributed by atoms with Gasteiger partial charge in [0, 0.05) is 32.2 Å². The standard InChI is InChI=1S/C14H25N5/c1-11(2)18(3)13-9-14(17-10-16-13)19(4)12-5-7-15-8-6-12/h9-12,15H,5-8H2,1-4H3. The van der Waals surface area contributed by atoms with Crippen molar-refractivity contribution in [1.29, 1.82) is 0 Å². The number of piperidine rings is 1. The number of hydrogen-bond donors (Lipinski definition) is 1. The molecule has 0 unspecified atom stereocenters. The molecule has 2 rings (SSSR count). The van der Waals surface area contributed by atoms with Crippen molar-refractivity contribution in [3.8, 4) is 0 Å². The molecule has 19 heavy (non-hydrogen) atoms. The zero-order valence-electron chi connectivity index (χ0n) is 12.4. The molecule has 0 bridgehead atoms. The van der Waals surface area contributed by atoms with Crippen LogP contribution in [0.15, 0.2) is 12.4 Å². The second kappa shape index (κ2) is 6.19. The van der Waals surface area contributed by atoms with Crippen molar-refractivity contribution in [2.24, 2.45) is 0 Å². The third-order valence-electron chi connectivity index (χ3n) is 3.99. The van der Waals surface area contributed by atoms with Crippen molar-refractivity contribution in [2.45, 2.75) is 38.8 Å². The molecule has 0 aromatic carbocycles. The highest BCUT2D eigenvalue weighted by Crippen LogP contribution is 2.21. The molecule has 1 saturated heterocycles. The summed E-state index contributed by atoms with van der Waals surface area (Å²) in [5, 5.41) is 3.40. The molecule has 0 radical (unpaired) electrons. The molecule has 0 atom stereocenters. The maximum atomic E-state index is 4.42. The van der Waals surface area contributed by atoms with Crippen LogP contribution < -0.4 is 15.1 Å². The van der Waals surface area contributed by atoms with Gasteiger partial charge in [0.05, 0.1) is 0 Å². The predicted octanol–water partition coefficient (Wildman–Crippen LogP) is 1.51. The van der Waals surface area contributed by atoms with Gasteiger partial charge in [0.1, 0.15) is 18.0 Å². The molecule has 0 spiro atoms. The highest BCUT2D eigenvalue weighted by molar-refractivity contribution is 5.50. The first-order valence-electron chi connectivity index (χ1n) is 7.08. The Morgan fingerprint density at radius 3 is 2.42 bits per heavy atom. The molecular formula is C14H25N5. The van der Waals surface area contributed by atoms with Crippen LogP contribution in [0.3, 0.4) is 0 Å². The van der Waals surface area contributed by atoms with Crippen LogP contribution in [-0.4, -0.2) is 49.2 Å². The largest absolute Gasteiger partial charge is 0.357 e. The minimum Gasteiger partial charge on any atom is -0.357 e. The van der Waals surface area contributed by atoms with Gasteiger partial charge in [-0.2, -0.15) is 0 Å². The minimum absolute atomic E-state index is 0.437. The predicted molar refractivity (Wildman–Crippen MR) is 79.9 cm³/mol. The van der Waals surface area contributed by atoms with E-state index in [1.807, 2.05) is 0 Å². The summed E-state index contributed by atoms with van der Waals surface area (Å²) < 4.78 is 0. The van der Waals surface area contributed by atoms with E-state index < -0.39 is 0 Å². The molecule has 5 nitrogen and oxygen atoms in total. The molecule has 0 aliphatic carbocycles. The monoisotopic (exact) mass is 263 g/mol. The van der Waals surface area contributed by atoms with Crippen LogP contribution in [0.4, 0.5) is 11.6 Å². The Bertz CT molecular complexity index is 401. The zero-order valence-corrected chi connectivity index (χ0v) is 12.4. The number of anilines is 2. The van der Waals surface area contributed by atoms with E-state index >= 15 is 0 Å². The lowest BCUT2D eigenvalue weighted by molar-refractivity contribution is 0.441. The van der Waals surface area contributed by atoms with Crippen LogP contribution in [0.5, 0.6) is 0 Å². The summed E-state index contributed by atoms with van der Waals surface area (Å²) in [5.74, 6) is 2.00. The molecule has 1 N–H and O–H groups in total. The third-order valence-corrected chi connectivity index (χ3v) is 3.99. The fourth-order valence-corrected chi connectivity index (χ4v) is 2.37. The average Bonchev–Trinajstić information content (AvgIpc) is 2.46. The third kappa shape index (κ3) is 3.35. The van der Waals surface area contributed by atoms with Crippen molar-refractivity contribution < 1.29 is 0 Å². The smallest absolute Gasteiger partial charge is 0.134 e. The summed E-state index contributed by atoms with van der Waals surface area (Å²) in [4.78, 5) is 13.2. The van der Waals surface area contributed by atoms with Crippen LogP contribution >= 0.6 is 0 Å². The van der Waals surface area contributed by atoms with E-state index in [2.05, 4.69) is 59.1 Å². The van der Waals surface area contributed by atoms with Gasteiger partial charge in [0.2, 0.25) is 0 Å². The Kier molecular flexibility index (Phi) is 4.58. The summed E-state index contributed by atoms with van der Waals surface area (Å²) >= 11 is 0. The quantitative estimate of drug-likeness (QED) is 0.892. The molecule has 1 fully saturated rings. The second-order valence-electron chi connectivity index (χ2n) is 5.53. The maximum Gasteiger partial charge on any atom is 0.134 e. The maximum absolute atomic E-state index is 4.42. The topological polar surface area (TPSA) is 44.3 Å². The summed E-state index contributed by atoms with van der Waals surface area (Å²) in [5.41, 5.74) is 0. The summed E-state index contributed by atoms with van der Waals surface area (Å²) in [7, 11) is 4.21. The van der Waals surface area contributed by atoms with E-state index in [1.54, 1.807) is 6.33 Å². The Labute approximate surface area is 116 Å². The number of aromatic nitrogens is 2. The van der Waals surface area contributed by atoms with Crippen molar-refractivity contribution in [1.82, 2.24) is 15.3 Å². The summed E-state index contributed by atoms with van der Waals surface area (Å²) in [6.45, 7) is 6.52. The van der Waals surface area contributed by atoms with Gasteiger partial charge < -0.3 is 15.1 Å². The molecule has 2 heterocycles. The SMILES string of the molecule is CC(C)N(C)c1cc(N(C)C2CCNCC2)ncn1. The number of rotatable bonds is 4. The molecule has 1 aliphatic rings. The Morgan fingerprint density at radius 1 is 1.16 bits per heavy atom. The van der Waals surface area contributed by atoms with E-state index in [-0.39, 0.29) is 0 Å². The highest BCUT2D eigenvalue weighted by atomic mass is 15.2. The fourth-order valence-electron chi connectivity index (χ4n) is 2.37. The van der Waals surface area contributed by atoms with Gasteiger partial charge in [-0.15, -0.1) is 0 Å². The van der Waals surface area contributed by atoms with Crippen LogP contribution in [0.25, 0.3) is 0 Å². The van der Waals surface area contributed by atoms with E-state index in [0.717, 1.165) is 24.7 Å². The van der Waals surface area contributed by atoms with Gasteiger partial charge in [-0.05, 0) is 39.8 Å². The Morgan fingerprint density at radius 2 is 1.79 bits per heavy atom. The molecule has 106 valence electrons. The first kappa shape index (κ1) is 14.1. The van der Waals surface area contributed by atoms with Gasteiger partial charge in [-0.3, -0.25) is 0 Å². The Balaban J connectivity index is 2.13. The van der Waals surface area contributed by atoms with Crippen molar-refractivity contribution in [2.75, 3.05) is 37.0 Å². The molecule has 0 amide bonds. The highest BCUT2D eigenvalue weighted by Gasteiger charge is 2.19. The number of nitrogens with zero attached hydrogens (tertiary/aromatic N) is 4. The van der Waals surface area contributed by atoms with Crippen molar-refractivity contribution in [3.63, 3.8) is 0 Å². The fraction of sp³-hybridized carbons (Fsp3) is 0.714. The van der Waals surface area contributed by atoms with Gasteiger partial charge >= 0.3 is 0 Å². The molecule has 1 aromatic rings. The lowest BCUT2D eigenvalue weighted by atomic mass is 10.1. The van der Waals surface area contributed by atoms with Crippen molar-refractivity contribution >= 4 is 11.6 Å². The van der Waals surface area contributed by atoms with E-state index in [1.165, 1.54) is 12.8 Å². The zero-order chi connectivity index (χ0) is 13.8. The van der Waals surface area contributed by atoms with Crippen molar-refractivity contribution in [3.05, 3.63) is 12.4 Å². The van der Waals surface area contributed by atoms with E-state index in [0.29, 0.717) is 12.1 Å². The lowest BCUT2D eigenvalue weighted by Gasteiger charge is -2.33. The molecule has 1 aromatic heterocycles. The normalized spacial score (nSPS) is 16.7. The Hall–Kier alpha value is -1.36. The first-order chi connectivity index (χ1) is 9.09. The van der Waals surface area contributed by atoms with Crippen LogP contribution in [0, 0.1) is 0 Å². The number of nitrogens with one attached hydrogen (secondary N) is 1. The van der Waals surface area contributed by atoms with Crippen LogP contribution in [0.2, 0.25) is 0 Å². The first-order valence-corrected chi connectivity index (χ1v) is 7.08. The molecule has 1 aliphatic heterocycles. The van der Waals surface area contributed by atoms with Crippen LogP contribution in [-0.2, 0) is 0 Å². The second-order valence-corrected chi connectivity index (χ2v) is 5.53. The van der Waals surface area contributed by atoms with Gasteiger partial charge in [0.25, 0.3) is 0 Å². The summed E-state index contributed by atoms with van der Waals surface area (Å²) in [6, 6.07) is 3.10. The van der Waals surface area contributed by atoms with Gasteiger partial charge in [-0.25, -0.2) is 9.97 Å². The lowest BCUT2D eigenvalue weighted by Crippen LogP contribution is -2.41. The molecule has 5 heteroatoms. The van der Waals surface area contributed by atoms with Gasteiger partial charge in [-0.1, -0.05) is 0 Å². The summed E-state index contributed by atoms with van der Waals surface area (Å²) in [6.07, 6.45) is 4.02. The van der Waals surface area contributed by atoms with E-state index in [9.17, 15) is 0 Å².